The maximum Gasteiger partial charge on any atom is 0.271 e. The lowest BCUT2D eigenvalue weighted by Gasteiger charge is -2.11. The molecule has 1 aromatic carbocycles. The molecule has 2 aromatic rings. The zero-order valence-electron chi connectivity index (χ0n) is 12.8. The summed E-state index contributed by atoms with van der Waals surface area (Å²) in [5.41, 5.74) is 1.52. The highest BCUT2D eigenvalue weighted by Gasteiger charge is 2.27. The average molecular weight is 389 g/mol. The third-order valence-corrected chi connectivity index (χ3v) is 3.97. The maximum atomic E-state index is 12.2. The van der Waals surface area contributed by atoms with Crippen LogP contribution < -0.4 is 5.56 Å². The van der Waals surface area contributed by atoms with Crippen LogP contribution >= 0.6 is 15.9 Å². The van der Waals surface area contributed by atoms with E-state index in [9.17, 15) is 14.4 Å². The van der Waals surface area contributed by atoms with Gasteiger partial charge in [-0.25, -0.2) is 4.68 Å². The highest BCUT2D eigenvalue weighted by Crippen LogP contribution is 2.18. The highest BCUT2D eigenvalue weighted by molar-refractivity contribution is 9.10. The first-order valence-corrected chi connectivity index (χ1v) is 7.97. The molecule has 0 radical (unpaired) electrons. The molecule has 122 valence electrons. The topological polar surface area (TPSA) is 84.6 Å². The van der Waals surface area contributed by atoms with Crippen LogP contribution in [-0.2, 0) is 16.1 Å². The summed E-state index contributed by atoms with van der Waals surface area (Å²) in [5, 5.41) is 8.90. The molecule has 3 rings (SSSR count). The first kappa shape index (κ1) is 16.3. The van der Waals surface area contributed by atoms with Gasteiger partial charge in [0, 0.05) is 21.8 Å². The first-order valence-electron chi connectivity index (χ1n) is 7.18. The molecule has 0 saturated heterocycles. The third kappa shape index (κ3) is 3.33. The normalized spacial score (nSPS) is 14.0. The van der Waals surface area contributed by atoms with Crippen molar-refractivity contribution in [2.45, 2.75) is 19.9 Å². The molecule has 0 N–H and O–H groups in total. The van der Waals surface area contributed by atoms with Gasteiger partial charge in [0.05, 0.1) is 12.1 Å². The molecule has 24 heavy (non-hydrogen) atoms. The van der Waals surface area contributed by atoms with E-state index in [2.05, 4.69) is 26.1 Å². The molecule has 0 fully saturated rings. The molecule has 0 unspecified atom stereocenters. The Morgan fingerprint density at radius 2 is 1.88 bits per heavy atom. The molecule has 1 aliphatic rings. The monoisotopic (exact) mass is 388 g/mol. The quantitative estimate of drug-likeness (QED) is 0.802. The highest BCUT2D eigenvalue weighted by atomic mass is 79.9. The molecule has 1 aromatic heterocycles. The fourth-order valence-corrected chi connectivity index (χ4v) is 2.55. The molecule has 8 heteroatoms. The molecule has 7 nitrogen and oxygen atoms in total. The van der Waals surface area contributed by atoms with Gasteiger partial charge in [0.15, 0.2) is 0 Å². The van der Waals surface area contributed by atoms with Crippen molar-refractivity contribution in [1.82, 2.24) is 14.8 Å². The number of rotatable bonds is 3. The van der Waals surface area contributed by atoms with Crippen LogP contribution in [0.25, 0.3) is 11.3 Å². The SMILES string of the molecule is CC1=NN(C(=O)Cn2nc(-c3ccc(Br)cc3)ccc2=O)C(=O)C1. The summed E-state index contributed by atoms with van der Waals surface area (Å²) < 4.78 is 1.96. The van der Waals surface area contributed by atoms with Crippen molar-refractivity contribution < 1.29 is 9.59 Å². The summed E-state index contributed by atoms with van der Waals surface area (Å²) in [6.07, 6.45) is 0.118. The van der Waals surface area contributed by atoms with Crippen molar-refractivity contribution in [2.75, 3.05) is 0 Å². The standard InChI is InChI=1S/C16H13BrN4O3/c1-10-8-15(23)21(18-10)16(24)9-20-14(22)7-6-13(19-20)11-2-4-12(17)5-3-11/h2-7H,8-9H2,1H3. The Hall–Kier alpha value is -2.61. The van der Waals surface area contributed by atoms with Gasteiger partial charge in [-0.1, -0.05) is 28.1 Å². The summed E-state index contributed by atoms with van der Waals surface area (Å²) >= 11 is 3.35. The van der Waals surface area contributed by atoms with E-state index in [4.69, 9.17) is 0 Å². The van der Waals surface area contributed by atoms with Crippen molar-refractivity contribution in [2.24, 2.45) is 5.10 Å². The van der Waals surface area contributed by atoms with Crippen molar-refractivity contribution in [3.05, 3.63) is 51.2 Å². The third-order valence-electron chi connectivity index (χ3n) is 3.44. The van der Waals surface area contributed by atoms with E-state index in [-0.39, 0.29) is 13.0 Å². The van der Waals surface area contributed by atoms with Crippen LogP contribution in [-0.4, -0.2) is 32.3 Å². The zero-order chi connectivity index (χ0) is 17.3. The van der Waals surface area contributed by atoms with Gasteiger partial charge in [-0.2, -0.15) is 15.2 Å². The minimum atomic E-state index is -0.584. The molecule has 0 atom stereocenters. The second-order valence-corrected chi connectivity index (χ2v) is 6.25. The van der Waals surface area contributed by atoms with Crippen LogP contribution in [0.4, 0.5) is 0 Å². The van der Waals surface area contributed by atoms with Gasteiger partial charge in [-0.15, -0.1) is 0 Å². The Labute approximate surface area is 145 Å². The number of halogens is 1. The van der Waals surface area contributed by atoms with Gasteiger partial charge in [0.1, 0.15) is 6.54 Å². The summed E-state index contributed by atoms with van der Waals surface area (Å²) in [4.78, 5) is 35.9. The Balaban J connectivity index is 1.87. The van der Waals surface area contributed by atoms with E-state index in [1.54, 1.807) is 13.0 Å². The number of aromatic nitrogens is 2. The summed E-state index contributed by atoms with van der Waals surface area (Å²) in [6.45, 7) is 1.33. The van der Waals surface area contributed by atoms with Crippen molar-refractivity contribution >= 4 is 33.5 Å². The summed E-state index contributed by atoms with van der Waals surface area (Å²) in [6, 6.07) is 10.4. The van der Waals surface area contributed by atoms with E-state index in [1.165, 1.54) is 6.07 Å². The van der Waals surface area contributed by atoms with Crippen LogP contribution in [0.5, 0.6) is 0 Å². The fourth-order valence-electron chi connectivity index (χ4n) is 2.28. The zero-order valence-corrected chi connectivity index (χ0v) is 14.4. The number of benzene rings is 1. The molecule has 0 spiro atoms. The van der Waals surface area contributed by atoms with Crippen molar-refractivity contribution in [3.63, 3.8) is 0 Å². The lowest BCUT2D eigenvalue weighted by atomic mass is 10.1. The van der Waals surface area contributed by atoms with Gasteiger partial charge >= 0.3 is 0 Å². The number of imide groups is 1. The maximum absolute atomic E-state index is 12.2. The molecule has 0 aliphatic carbocycles. The van der Waals surface area contributed by atoms with E-state index in [0.717, 1.165) is 19.7 Å². The number of carbonyl (C=O) groups is 2. The Bertz CT molecular complexity index is 902. The number of amides is 2. The van der Waals surface area contributed by atoms with Crippen LogP contribution in [0, 0.1) is 0 Å². The average Bonchev–Trinajstić information content (AvgIpc) is 2.89. The van der Waals surface area contributed by atoms with Crippen molar-refractivity contribution in [3.8, 4) is 11.3 Å². The Kier molecular flexibility index (Phi) is 4.39. The fraction of sp³-hybridized carbons (Fsp3) is 0.188. The number of hydrazone groups is 1. The molecule has 2 heterocycles. The second-order valence-electron chi connectivity index (χ2n) is 5.33. The van der Waals surface area contributed by atoms with E-state index < -0.39 is 17.4 Å². The molecular formula is C16H13BrN4O3. The number of hydrogen-bond acceptors (Lipinski definition) is 5. The van der Waals surface area contributed by atoms with Crippen LogP contribution in [0.3, 0.4) is 0 Å². The smallest absolute Gasteiger partial charge is 0.271 e. The largest absolute Gasteiger partial charge is 0.272 e. The Morgan fingerprint density at radius 1 is 1.17 bits per heavy atom. The van der Waals surface area contributed by atoms with E-state index in [1.807, 2.05) is 24.3 Å². The lowest BCUT2D eigenvalue weighted by Crippen LogP contribution is -2.35. The molecular weight excluding hydrogens is 376 g/mol. The van der Waals surface area contributed by atoms with Gasteiger partial charge < -0.3 is 0 Å². The predicted molar refractivity (Wildman–Crippen MR) is 91.2 cm³/mol. The molecule has 0 saturated carbocycles. The molecule has 1 aliphatic heterocycles. The minimum Gasteiger partial charge on any atom is -0.272 e. The van der Waals surface area contributed by atoms with Crippen LogP contribution in [0.1, 0.15) is 13.3 Å². The van der Waals surface area contributed by atoms with Crippen LogP contribution in [0.2, 0.25) is 0 Å². The molecule has 0 bridgehead atoms. The number of hydrogen-bond donors (Lipinski definition) is 0. The van der Waals surface area contributed by atoms with Gasteiger partial charge in [0.2, 0.25) is 0 Å². The lowest BCUT2D eigenvalue weighted by molar-refractivity contribution is -0.143. The van der Waals surface area contributed by atoms with Crippen LogP contribution in [0.15, 0.2) is 50.8 Å². The molecule has 2 amide bonds. The van der Waals surface area contributed by atoms with E-state index in [0.29, 0.717) is 11.4 Å². The van der Waals surface area contributed by atoms with Crippen molar-refractivity contribution in [1.29, 1.82) is 0 Å². The predicted octanol–water partition coefficient (Wildman–Crippen LogP) is 1.81. The first-order chi connectivity index (χ1) is 11.4. The second kappa shape index (κ2) is 6.48. The van der Waals surface area contributed by atoms with Gasteiger partial charge in [-0.3, -0.25) is 14.4 Å². The van der Waals surface area contributed by atoms with Gasteiger partial charge in [0.25, 0.3) is 17.4 Å². The summed E-state index contributed by atoms with van der Waals surface area (Å²) in [7, 11) is 0. The van der Waals surface area contributed by atoms with E-state index >= 15 is 0 Å². The summed E-state index contributed by atoms with van der Waals surface area (Å²) in [5.74, 6) is -0.978. The Morgan fingerprint density at radius 3 is 2.50 bits per heavy atom. The number of carbonyl (C=O) groups excluding carboxylic acids is 2. The van der Waals surface area contributed by atoms with Gasteiger partial charge in [-0.05, 0) is 25.1 Å². The minimum absolute atomic E-state index is 0.118. The number of nitrogens with zero attached hydrogens (tertiary/aromatic N) is 4.